The lowest BCUT2D eigenvalue weighted by atomic mass is 9.82. The van der Waals surface area contributed by atoms with Crippen molar-refractivity contribution in [3.63, 3.8) is 0 Å². The van der Waals surface area contributed by atoms with Gasteiger partial charge in [-0.15, -0.1) is 0 Å². The lowest BCUT2D eigenvalue weighted by Gasteiger charge is -2.40. The number of ether oxygens (including phenoxy) is 1. The molecule has 0 unspecified atom stereocenters. The molecule has 150 valence electrons. The summed E-state index contributed by atoms with van der Waals surface area (Å²) in [6, 6.07) is 3.32. The van der Waals surface area contributed by atoms with Crippen molar-refractivity contribution in [1.29, 1.82) is 0 Å². The predicted molar refractivity (Wildman–Crippen MR) is 100 cm³/mol. The third kappa shape index (κ3) is 3.12. The molecule has 4 rings (SSSR count). The molecule has 7 nitrogen and oxygen atoms in total. The van der Waals surface area contributed by atoms with E-state index in [1.54, 1.807) is 24.0 Å². The number of likely N-dealkylation sites (tertiary alicyclic amines) is 2. The Morgan fingerprint density at radius 1 is 1.07 bits per heavy atom. The zero-order chi connectivity index (χ0) is 19.9. The van der Waals surface area contributed by atoms with Crippen LogP contribution in [-0.4, -0.2) is 59.4 Å². The van der Waals surface area contributed by atoms with E-state index >= 15 is 0 Å². The summed E-state index contributed by atoms with van der Waals surface area (Å²) in [5.74, 6) is 0.235. The summed E-state index contributed by atoms with van der Waals surface area (Å²) in [6.45, 7) is 6.12. The first-order valence-electron chi connectivity index (χ1n) is 9.98. The van der Waals surface area contributed by atoms with Crippen LogP contribution in [0.15, 0.2) is 34.0 Å². The van der Waals surface area contributed by atoms with Crippen molar-refractivity contribution in [3.8, 4) is 0 Å². The monoisotopic (exact) mass is 386 g/mol. The number of rotatable bonds is 2. The van der Waals surface area contributed by atoms with Crippen molar-refractivity contribution in [1.82, 2.24) is 9.80 Å². The van der Waals surface area contributed by atoms with Crippen LogP contribution in [0.1, 0.15) is 50.1 Å². The van der Waals surface area contributed by atoms with E-state index in [9.17, 15) is 14.4 Å². The second-order valence-corrected chi connectivity index (χ2v) is 8.13. The van der Waals surface area contributed by atoms with E-state index in [-0.39, 0.29) is 11.8 Å². The second kappa shape index (κ2) is 7.11. The van der Waals surface area contributed by atoms with Gasteiger partial charge in [0.2, 0.25) is 0 Å². The number of nitrogens with zero attached hydrogens (tertiary/aromatic N) is 2. The molecule has 0 bridgehead atoms. The molecule has 2 amide bonds. The van der Waals surface area contributed by atoms with Crippen LogP contribution in [-0.2, 0) is 14.3 Å². The molecule has 4 heterocycles. The highest BCUT2D eigenvalue weighted by molar-refractivity contribution is 6.07. The van der Waals surface area contributed by atoms with Gasteiger partial charge in [0.05, 0.1) is 11.8 Å². The van der Waals surface area contributed by atoms with Crippen LogP contribution in [0.2, 0.25) is 0 Å². The van der Waals surface area contributed by atoms with Crippen LogP contribution < -0.4 is 0 Å². The molecule has 3 aliphatic heterocycles. The molecule has 0 atom stereocenters. The molecule has 0 aliphatic carbocycles. The fourth-order valence-electron chi connectivity index (χ4n) is 4.45. The smallest absolute Gasteiger partial charge is 0.335 e. The van der Waals surface area contributed by atoms with Crippen LogP contribution in [0.4, 0.5) is 0 Å². The van der Waals surface area contributed by atoms with Gasteiger partial charge in [-0.05, 0) is 37.8 Å². The molecule has 7 heteroatoms. The quantitative estimate of drug-likeness (QED) is 0.729. The maximum atomic E-state index is 13.3. The van der Waals surface area contributed by atoms with Gasteiger partial charge in [0.15, 0.2) is 5.76 Å². The Hall–Kier alpha value is -2.57. The highest BCUT2D eigenvalue weighted by Crippen LogP contribution is 2.42. The number of piperidine rings is 2. The average molecular weight is 386 g/mol. The topological polar surface area (TPSA) is 80.1 Å². The third-order valence-corrected chi connectivity index (χ3v) is 6.30. The van der Waals surface area contributed by atoms with Gasteiger partial charge >= 0.3 is 5.97 Å². The van der Waals surface area contributed by atoms with Gasteiger partial charge in [-0.2, -0.15) is 0 Å². The minimum absolute atomic E-state index is 0.0824. The van der Waals surface area contributed by atoms with Crippen LogP contribution in [0.3, 0.4) is 0 Å². The Morgan fingerprint density at radius 2 is 1.71 bits per heavy atom. The van der Waals surface area contributed by atoms with E-state index in [0.29, 0.717) is 61.8 Å². The van der Waals surface area contributed by atoms with Gasteiger partial charge in [-0.3, -0.25) is 9.59 Å². The van der Waals surface area contributed by atoms with E-state index in [2.05, 4.69) is 6.92 Å². The first-order valence-corrected chi connectivity index (χ1v) is 9.98. The molecule has 0 N–H and O–H groups in total. The van der Waals surface area contributed by atoms with Gasteiger partial charge < -0.3 is 19.0 Å². The van der Waals surface area contributed by atoms with Gasteiger partial charge in [-0.1, -0.05) is 6.92 Å². The number of esters is 1. The first kappa shape index (κ1) is 18.8. The first-order chi connectivity index (χ1) is 13.4. The second-order valence-electron chi connectivity index (χ2n) is 8.13. The Labute approximate surface area is 164 Å². The minimum Gasteiger partial charge on any atom is -0.459 e. The largest absolute Gasteiger partial charge is 0.459 e. The average Bonchev–Trinajstić information content (AvgIpc) is 3.30. The van der Waals surface area contributed by atoms with E-state index in [1.807, 2.05) is 4.90 Å². The van der Waals surface area contributed by atoms with Crippen molar-refractivity contribution in [2.75, 3.05) is 26.2 Å². The normalized spacial score (nSPS) is 22.7. The van der Waals surface area contributed by atoms with Crippen molar-refractivity contribution in [3.05, 3.63) is 35.3 Å². The highest BCUT2D eigenvalue weighted by Gasteiger charge is 2.52. The molecular weight excluding hydrogens is 360 g/mol. The molecule has 0 radical (unpaired) electrons. The molecular formula is C21H26N2O5. The third-order valence-electron chi connectivity index (χ3n) is 6.30. The molecule has 2 saturated heterocycles. The molecule has 1 aromatic rings. The summed E-state index contributed by atoms with van der Waals surface area (Å²) < 4.78 is 10.9. The van der Waals surface area contributed by atoms with Crippen molar-refractivity contribution in [2.45, 2.75) is 45.1 Å². The number of hydrogen-bond acceptors (Lipinski definition) is 5. The van der Waals surface area contributed by atoms with Crippen LogP contribution in [0.5, 0.6) is 0 Å². The molecule has 2 fully saturated rings. The van der Waals surface area contributed by atoms with Crippen LogP contribution in [0.25, 0.3) is 0 Å². The van der Waals surface area contributed by atoms with Crippen molar-refractivity contribution < 1.29 is 23.5 Å². The lowest BCUT2D eigenvalue weighted by Crippen LogP contribution is -2.51. The van der Waals surface area contributed by atoms with E-state index < -0.39 is 11.6 Å². The SMILES string of the molecule is CC1=C(C(=O)N2CCC(C)CC2)C2(CCN(C(=O)c3ccco3)CC2)OC1=O. The maximum Gasteiger partial charge on any atom is 0.335 e. The zero-order valence-corrected chi connectivity index (χ0v) is 16.4. The van der Waals surface area contributed by atoms with E-state index in [1.165, 1.54) is 6.26 Å². The molecule has 0 aromatic carbocycles. The van der Waals surface area contributed by atoms with Gasteiger partial charge in [-0.25, -0.2) is 4.79 Å². The minimum atomic E-state index is -0.915. The number of carbonyl (C=O) groups is 3. The van der Waals surface area contributed by atoms with E-state index in [4.69, 9.17) is 9.15 Å². The molecule has 28 heavy (non-hydrogen) atoms. The number of amides is 2. The summed E-state index contributed by atoms with van der Waals surface area (Å²) >= 11 is 0. The Kier molecular flexibility index (Phi) is 4.77. The number of hydrogen-bond donors (Lipinski definition) is 0. The van der Waals surface area contributed by atoms with Gasteiger partial charge in [0.25, 0.3) is 11.8 Å². The van der Waals surface area contributed by atoms with Crippen molar-refractivity contribution >= 4 is 17.8 Å². The molecule has 1 aromatic heterocycles. The fourth-order valence-corrected chi connectivity index (χ4v) is 4.45. The lowest BCUT2D eigenvalue weighted by molar-refractivity contribution is -0.151. The summed E-state index contributed by atoms with van der Waals surface area (Å²) in [7, 11) is 0. The molecule has 1 spiro atoms. The highest BCUT2D eigenvalue weighted by atomic mass is 16.6. The fraction of sp³-hybridized carbons (Fsp3) is 0.571. The summed E-state index contributed by atoms with van der Waals surface area (Å²) in [6.07, 6.45) is 4.28. The Balaban J connectivity index is 1.51. The number of furan rings is 1. The van der Waals surface area contributed by atoms with Gasteiger partial charge in [0, 0.05) is 44.6 Å². The zero-order valence-electron chi connectivity index (χ0n) is 16.4. The Morgan fingerprint density at radius 3 is 2.32 bits per heavy atom. The summed E-state index contributed by atoms with van der Waals surface area (Å²) in [5.41, 5.74) is -0.00655. The Bertz CT molecular complexity index is 810. The molecule has 0 saturated carbocycles. The van der Waals surface area contributed by atoms with Crippen LogP contribution >= 0.6 is 0 Å². The van der Waals surface area contributed by atoms with Gasteiger partial charge in [0.1, 0.15) is 5.60 Å². The van der Waals surface area contributed by atoms with Crippen LogP contribution in [0, 0.1) is 5.92 Å². The summed E-state index contributed by atoms with van der Waals surface area (Å²) in [4.78, 5) is 41.7. The summed E-state index contributed by atoms with van der Waals surface area (Å²) in [5, 5.41) is 0. The van der Waals surface area contributed by atoms with Crippen molar-refractivity contribution in [2.24, 2.45) is 5.92 Å². The maximum absolute atomic E-state index is 13.3. The number of carbonyl (C=O) groups excluding carboxylic acids is 3. The standard InChI is InChI=1S/C21H26N2O5/c1-14-5-9-22(10-6-14)19(25)17-15(2)20(26)28-21(17)7-11-23(12-8-21)18(24)16-4-3-13-27-16/h3-4,13-14H,5-12H2,1-2H3. The predicted octanol–water partition coefficient (Wildman–Crippen LogP) is 2.39. The van der Waals surface area contributed by atoms with E-state index in [0.717, 1.165) is 12.8 Å². The molecule has 3 aliphatic rings.